The number of nitrogens with zero attached hydrogens (tertiary/aromatic N) is 3. The van der Waals surface area contributed by atoms with Crippen LogP contribution in [0.5, 0.6) is 0 Å². The largest absolute Gasteiger partial charge is 0.345 e. The van der Waals surface area contributed by atoms with Gasteiger partial charge in [0.2, 0.25) is 10.0 Å². The van der Waals surface area contributed by atoms with Crippen molar-refractivity contribution in [2.75, 3.05) is 31.1 Å². The number of piperazine rings is 1. The molecule has 0 radical (unpaired) electrons. The normalized spacial score (nSPS) is 15.5. The summed E-state index contributed by atoms with van der Waals surface area (Å²) in [5.74, 6) is 0. The SMILES string of the molecule is Cc1ccc(Cc2csc(N3CCN(S(=O)(=O)c4ccccc4Br)CC3)n2)cc1C. The molecule has 8 heteroatoms. The zero-order chi connectivity index (χ0) is 21.3. The van der Waals surface area contributed by atoms with Gasteiger partial charge in [-0.05, 0) is 58.6 Å². The summed E-state index contributed by atoms with van der Waals surface area (Å²) in [6.45, 7) is 6.44. The van der Waals surface area contributed by atoms with Crippen molar-refractivity contribution in [3.8, 4) is 0 Å². The summed E-state index contributed by atoms with van der Waals surface area (Å²) < 4.78 is 28.1. The first-order chi connectivity index (χ1) is 14.3. The van der Waals surface area contributed by atoms with Crippen molar-refractivity contribution in [3.63, 3.8) is 0 Å². The monoisotopic (exact) mass is 505 g/mol. The Morgan fingerprint density at radius 2 is 1.77 bits per heavy atom. The molecule has 0 spiro atoms. The van der Waals surface area contributed by atoms with E-state index >= 15 is 0 Å². The Morgan fingerprint density at radius 3 is 2.47 bits per heavy atom. The van der Waals surface area contributed by atoms with E-state index in [0.717, 1.165) is 17.2 Å². The molecule has 2 heterocycles. The molecule has 0 amide bonds. The van der Waals surface area contributed by atoms with E-state index in [2.05, 4.69) is 58.3 Å². The van der Waals surface area contributed by atoms with Crippen molar-refractivity contribution in [3.05, 3.63) is 74.7 Å². The molecule has 158 valence electrons. The highest BCUT2D eigenvalue weighted by Gasteiger charge is 2.30. The Hall–Kier alpha value is -1.74. The predicted octanol–water partition coefficient (Wildman–Crippen LogP) is 4.62. The molecule has 3 aromatic rings. The van der Waals surface area contributed by atoms with E-state index in [0.29, 0.717) is 35.5 Å². The number of aryl methyl sites for hydroxylation is 2. The number of hydrogen-bond acceptors (Lipinski definition) is 5. The number of rotatable bonds is 5. The molecule has 0 unspecified atom stereocenters. The van der Waals surface area contributed by atoms with Gasteiger partial charge in [0, 0.05) is 42.5 Å². The van der Waals surface area contributed by atoms with Crippen molar-refractivity contribution in [2.45, 2.75) is 25.2 Å². The van der Waals surface area contributed by atoms with Gasteiger partial charge in [-0.25, -0.2) is 13.4 Å². The number of sulfonamides is 1. The lowest BCUT2D eigenvalue weighted by Gasteiger charge is -2.34. The second-order valence-electron chi connectivity index (χ2n) is 7.54. The molecular formula is C22H24BrN3O2S2. The third kappa shape index (κ3) is 4.46. The first-order valence-electron chi connectivity index (χ1n) is 9.85. The fourth-order valence-electron chi connectivity index (χ4n) is 3.56. The molecule has 1 aliphatic rings. The molecule has 0 atom stereocenters. The highest BCUT2D eigenvalue weighted by molar-refractivity contribution is 9.10. The Bertz CT molecular complexity index is 1150. The van der Waals surface area contributed by atoms with Crippen LogP contribution in [0.3, 0.4) is 0 Å². The maximum Gasteiger partial charge on any atom is 0.244 e. The third-order valence-electron chi connectivity index (χ3n) is 5.46. The molecule has 0 bridgehead atoms. The maximum atomic E-state index is 13.0. The molecule has 1 fully saturated rings. The van der Waals surface area contributed by atoms with Crippen LogP contribution in [-0.2, 0) is 16.4 Å². The first-order valence-corrected chi connectivity index (χ1v) is 13.0. The van der Waals surface area contributed by atoms with Crippen LogP contribution < -0.4 is 4.90 Å². The number of halogens is 1. The van der Waals surface area contributed by atoms with Crippen molar-refractivity contribution in [1.82, 2.24) is 9.29 Å². The van der Waals surface area contributed by atoms with E-state index in [1.165, 1.54) is 16.7 Å². The molecule has 1 saturated heterocycles. The van der Waals surface area contributed by atoms with Crippen LogP contribution in [0.2, 0.25) is 0 Å². The Morgan fingerprint density at radius 1 is 1.03 bits per heavy atom. The molecule has 30 heavy (non-hydrogen) atoms. The van der Waals surface area contributed by atoms with E-state index in [9.17, 15) is 8.42 Å². The second-order valence-corrected chi connectivity index (χ2v) is 11.1. The van der Waals surface area contributed by atoms with Crippen LogP contribution in [-0.4, -0.2) is 43.9 Å². The fraction of sp³-hybridized carbons (Fsp3) is 0.318. The van der Waals surface area contributed by atoms with E-state index < -0.39 is 10.0 Å². The Balaban J connectivity index is 1.41. The van der Waals surface area contributed by atoms with Crippen LogP contribution in [0.15, 0.2) is 57.2 Å². The maximum absolute atomic E-state index is 13.0. The Labute approximate surface area is 190 Å². The summed E-state index contributed by atoms with van der Waals surface area (Å²) >= 11 is 4.99. The fourth-order valence-corrected chi connectivity index (χ4v) is 6.82. The van der Waals surface area contributed by atoms with Crippen LogP contribution >= 0.6 is 27.3 Å². The number of hydrogen-bond donors (Lipinski definition) is 0. The topological polar surface area (TPSA) is 53.5 Å². The highest BCUT2D eigenvalue weighted by Crippen LogP contribution is 2.28. The minimum absolute atomic E-state index is 0.323. The van der Waals surface area contributed by atoms with E-state index in [1.807, 2.05) is 6.07 Å². The van der Waals surface area contributed by atoms with Crippen LogP contribution in [0.25, 0.3) is 0 Å². The molecule has 4 rings (SSSR count). The van der Waals surface area contributed by atoms with Gasteiger partial charge in [-0.15, -0.1) is 11.3 Å². The summed E-state index contributed by atoms with van der Waals surface area (Å²) in [7, 11) is -3.50. The smallest absolute Gasteiger partial charge is 0.244 e. The van der Waals surface area contributed by atoms with Crippen molar-refractivity contribution in [1.29, 1.82) is 0 Å². The van der Waals surface area contributed by atoms with Gasteiger partial charge in [-0.1, -0.05) is 30.3 Å². The predicted molar refractivity (Wildman–Crippen MR) is 126 cm³/mol. The average molecular weight is 506 g/mol. The molecule has 0 aliphatic carbocycles. The van der Waals surface area contributed by atoms with Crippen LogP contribution in [0.1, 0.15) is 22.4 Å². The highest BCUT2D eigenvalue weighted by atomic mass is 79.9. The lowest BCUT2D eigenvalue weighted by atomic mass is 10.0. The molecular weight excluding hydrogens is 482 g/mol. The lowest BCUT2D eigenvalue weighted by molar-refractivity contribution is 0.384. The summed E-state index contributed by atoms with van der Waals surface area (Å²) in [4.78, 5) is 7.31. The van der Waals surface area contributed by atoms with Crippen molar-refractivity contribution >= 4 is 42.4 Å². The minimum atomic E-state index is -3.50. The zero-order valence-electron chi connectivity index (χ0n) is 17.0. The third-order valence-corrected chi connectivity index (χ3v) is 9.32. The number of aromatic nitrogens is 1. The minimum Gasteiger partial charge on any atom is -0.345 e. The summed E-state index contributed by atoms with van der Waals surface area (Å²) in [6, 6.07) is 13.5. The molecule has 0 saturated carbocycles. The summed E-state index contributed by atoms with van der Waals surface area (Å²) in [6.07, 6.45) is 0.813. The first kappa shape index (κ1) is 21.5. The van der Waals surface area contributed by atoms with E-state index in [1.54, 1.807) is 33.8 Å². The molecule has 1 aromatic heterocycles. The van der Waals surface area contributed by atoms with Crippen LogP contribution in [0.4, 0.5) is 5.13 Å². The lowest BCUT2D eigenvalue weighted by Crippen LogP contribution is -2.48. The van der Waals surface area contributed by atoms with Gasteiger partial charge in [0.15, 0.2) is 5.13 Å². The van der Waals surface area contributed by atoms with Gasteiger partial charge >= 0.3 is 0 Å². The van der Waals surface area contributed by atoms with Gasteiger partial charge in [-0.2, -0.15) is 4.31 Å². The number of benzene rings is 2. The van der Waals surface area contributed by atoms with Crippen molar-refractivity contribution < 1.29 is 8.42 Å². The van der Waals surface area contributed by atoms with Crippen LogP contribution in [0, 0.1) is 13.8 Å². The molecule has 1 aliphatic heterocycles. The standard InChI is InChI=1S/C22H24BrN3O2S2/c1-16-7-8-18(13-17(16)2)14-19-15-29-22(24-19)25-9-11-26(12-10-25)30(27,28)21-6-4-3-5-20(21)23/h3-8,13,15H,9-12,14H2,1-2H3. The van der Waals surface area contributed by atoms with E-state index in [4.69, 9.17) is 4.98 Å². The molecule has 0 N–H and O–H groups in total. The molecule has 5 nitrogen and oxygen atoms in total. The zero-order valence-corrected chi connectivity index (χ0v) is 20.2. The second kappa shape index (κ2) is 8.78. The average Bonchev–Trinajstić information content (AvgIpc) is 3.19. The van der Waals surface area contributed by atoms with Gasteiger partial charge in [0.1, 0.15) is 0 Å². The summed E-state index contributed by atoms with van der Waals surface area (Å²) in [5.41, 5.74) is 4.92. The molecule has 2 aromatic carbocycles. The quantitative estimate of drug-likeness (QED) is 0.507. The number of thiazole rings is 1. The van der Waals surface area contributed by atoms with Gasteiger partial charge < -0.3 is 4.90 Å². The van der Waals surface area contributed by atoms with Gasteiger partial charge in [-0.3, -0.25) is 0 Å². The van der Waals surface area contributed by atoms with Gasteiger partial charge in [0.25, 0.3) is 0 Å². The summed E-state index contributed by atoms with van der Waals surface area (Å²) in [5, 5.41) is 3.07. The van der Waals surface area contributed by atoms with E-state index in [-0.39, 0.29) is 0 Å². The number of anilines is 1. The Kier molecular flexibility index (Phi) is 6.29. The van der Waals surface area contributed by atoms with Gasteiger partial charge in [0.05, 0.1) is 10.6 Å². The van der Waals surface area contributed by atoms with Crippen molar-refractivity contribution in [2.24, 2.45) is 0 Å².